The first-order valence-electron chi connectivity index (χ1n) is 3.17. The largest absolute Gasteiger partial charge is 0.373 e. The third-order valence-corrected chi connectivity index (χ3v) is 1.58. The Hall–Kier alpha value is -0.790. The Morgan fingerprint density at radius 2 is 2.44 bits per heavy atom. The molecule has 0 saturated carbocycles. The van der Waals surface area contributed by atoms with E-state index in [2.05, 4.69) is 29.9 Å². The summed E-state index contributed by atoms with van der Waals surface area (Å²) < 4.78 is 0. The maximum atomic E-state index is 4.13. The van der Waals surface area contributed by atoms with Gasteiger partial charge in [0.1, 0.15) is 0 Å². The molecular weight excluding hydrogens is 112 g/mol. The second kappa shape index (κ2) is 2.67. The van der Waals surface area contributed by atoms with Crippen LogP contribution in [-0.4, -0.2) is 31.3 Å². The van der Waals surface area contributed by atoms with Crippen molar-refractivity contribution in [2.24, 2.45) is 4.99 Å². The van der Waals surface area contributed by atoms with Gasteiger partial charge in [0.2, 0.25) is 0 Å². The standard InChI is InChI=1S/C7H12N2/c1-7-3-4-8-5-6-9(7)2/h3,5H,4,6H2,1-2H3. The van der Waals surface area contributed by atoms with Gasteiger partial charge in [-0.05, 0) is 13.0 Å². The molecule has 0 aromatic heterocycles. The lowest BCUT2D eigenvalue weighted by Crippen LogP contribution is -2.16. The Labute approximate surface area is 55.9 Å². The second-order valence-corrected chi connectivity index (χ2v) is 2.27. The molecule has 0 amide bonds. The van der Waals surface area contributed by atoms with Crippen molar-refractivity contribution in [3.63, 3.8) is 0 Å². The van der Waals surface area contributed by atoms with Gasteiger partial charge in [-0.15, -0.1) is 0 Å². The topological polar surface area (TPSA) is 15.6 Å². The highest BCUT2D eigenvalue weighted by Crippen LogP contribution is 2.00. The number of hydrogen-bond donors (Lipinski definition) is 0. The van der Waals surface area contributed by atoms with Crippen LogP contribution in [0.15, 0.2) is 16.8 Å². The molecule has 0 aromatic carbocycles. The number of rotatable bonds is 0. The fourth-order valence-corrected chi connectivity index (χ4v) is 0.739. The van der Waals surface area contributed by atoms with Gasteiger partial charge >= 0.3 is 0 Å². The van der Waals surface area contributed by atoms with Crippen molar-refractivity contribution >= 4 is 6.21 Å². The van der Waals surface area contributed by atoms with Gasteiger partial charge in [0.15, 0.2) is 0 Å². The summed E-state index contributed by atoms with van der Waals surface area (Å²) in [6, 6.07) is 0. The number of aliphatic imine (C=N–C) groups is 1. The lowest BCUT2D eigenvalue weighted by molar-refractivity contribution is 0.484. The van der Waals surface area contributed by atoms with Crippen LogP contribution < -0.4 is 0 Å². The summed E-state index contributed by atoms with van der Waals surface area (Å²) in [4.78, 5) is 6.31. The molecular formula is C7H12N2. The highest BCUT2D eigenvalue weighted by molar-refractivity contribution is 5.60. The number of hydrogen-bond acceptors (Lipinski definition) is 2. The molecule has 9 heavy (non-hydrogen) atoms. The molecule has 1 rings (SSSR count). The van der Waals surface area contributed by atoms with Gasteiger partial charge in [0.05, 0.1) is 13.1 Å². The Balaban J connectivity index is 2.62. The monoisotopic (exact) mass is 124 g/mol. The van der Waals surface area contributed by atoms with E-state index < -0.39 is 0 Å². The van der Waals surface area contributed by atoms with Gasteiger partial charge in [-0.2, -0.15) is 0 Å². The molecule has 1 heterocycles. The number of nitrogens with zero attached hydrogens (tertiary/aromatic N) is 2. The van der Waals surface area contributed by atoms with Crippen LogP contribution in [0.4, 0.5) is 0 Å². The molecule has 0 saturated heterocycles. The molecule has 0 spiro atoms. The SMILES string of the molecule is CC1=CCN=CCN1C. The zero-order valence-corrected chi connectivity index (χ0v) is 5.96. The van der Waals surface area contributed by atoms with Crippen LogP contribution in [-0.2, 0) is 0 Å². The first kappa shape index (κ1) is 6.33. The van der Waals surface area contributed by atoms with E-state index in [1.807, 2.05) is 6.21 Å². The van der Waals surface area contributed by atoms with Crippen molar-refractivity contribution < 1.29 is 0 Å². The third-order valence-electron chi connectivity index (χ3n) is 1.58. The van der Waals surface area contributed by atoms with E-state index in [1.54, 1.807) is 0 Å². The summed E-state index contributed by atoms with van der Waals surface area (Å²) in [6.07, 6.45) is 4.08. The predicted octanol–water partition coefficient (Wildman–Crippen LogP) is 0.906. The van der Waals surface area contributed by atoms with Crippen molar-refractivity contribution in [2.45, 2.75) is 6.92 Å². The highest BCUT2D eigenvalue weighted by atomic mass is 15.1. The average Bonchev–Trinajstić information content (AvgIpc) is 1.99. The Morgan fingerprint density at radius 1 is 1.67 bits per heavy atom. The smallest absolute Gasteiger partial charge is 0.0586 e. The zero-order chi connectivity index (χ0) is 6.69. The van der Waals surface area contributed by atoms with Gasteiger partial charge in [-0.1, -0.05) is 0 Å². The van der Waals surface area contributed by atoms with Gasteiger partial charge in [0, 0.05) is 19.0 Å². The van der Waals surface area contributed by atoms with Crippen molar-refractivity contribution in [3.8, 4) is 0 Å². The molecule has 2 nitrogen and oxygen atoms in total. The first-order chi connectivity index (χ1) is 4.30. The fourth-order valence-electron chi connectivity index (χ4n) is 0.739. The van der Waals surface area contributed by atoms with E-state index in [-0.39, 0.29) is 0 Å². The van der Waals surface area contributed by atoms with E-state index in [0.717, 1.165) is 13.1 Å². The molecule has 0 unspecified atom stereocenters. The van der Waals surface area contributed by atoms with E-state index in [4.69, 9.17) is 0 Å². The van der Waals surface area contributed by atoms with Crippen LogP contribution in [0.25, 0.3) is 0 Å². The average molecular weight is 124 g/mol. The third kappa shape index (κ3) is 1.56. The Bertz CT molecular complexity index is 147. The molecule has 2 heteroatoms. The van der Waals surface area contributed by atoms with Crippen LogP contribution in [0.2, 0.25) is 0 Å². The summed E-state index contributed by atoms with van der Waals surface area (Å²) >= 11 is 0. The van der Waals surface area contributed by atoms with E-state index in [9.17, 15) is 0 Å². The zero-order valence-electron chi connectivity index (χ0n) is 5.96. The van der Waals surface area contributed by atoms with Crippen molar-refractivity contribution in [2.75, 3.05) is 20.1 Å². The maximum Gasteiger partial charge on any atom is 0.0586 e. The highest BCUT2D eigenvalue weighted by Gasteiger charge is 1.97. The van der Waals surface area contributed by atoms with E-state index >= 15 is 0 Å². The lowest BCUT2D eigenvalue weighted by atomic mass is 10.4. The van der Waals surface area contributed by atoms with Crippen LogP contribution in [0.3, 0.4) is 0 Å². The van der Waals surface area contributed by atoms with Crippen LogP contribution in [0, 0.1) is 0 Å². The summed E-state index contributed by atoms with van der Waals surface area (Å²) in [5.74, 6) is 0. The fraction of sp³-hybridized carbons (Fsp3) is 0.571. The normalized spacial score (nSPS) is 19.3. The van der Waals surface area contributed by atoms with E-state index in [1.165, 1.54) is 5.70 Å². The summed E-state index contributed by atoms with van der Waals surface area (Å²) in [6.45, 7) is 3.90. The van der Waals surface area contributed by atoms with Crippen LogP contribution >= 0.6 is 0 Å². The molecule has 0 fully saturated rings. The summed E-state index contributed by atoms with van der Waals surface area (Å²) in [5, 5.41) is 0. The lowest BCUT2D eigenvalue weighted by Gasteiger charge is -2.14. The minimum Gasteiger partial charge on any atom is -0.373 e. The van der Waals surface area contributed by atoms with Crippen molar-refractivity contribution in [1.82, 2.24) is 4.90 Å². The Morgan fingerprint density at radius 3 is 3.22 bits per heavy atom. The number of allylic oxidation sites excluding steroid dienone is 1. The molecule has 0 atom stereocenters. The Kier molecular flexibility index (Phi) is 1.88. The van der Waals surface area contributed by atoms with Crippen LogP contribution in [0.1, 0.15) is 6.92 Å². The van der Waals surface area contributed by atoms with Crippen molar-refractivity contribution in [3.05, 3.63) is 11.8 Å². The molecule has 0 bridgehead atoms. The van der Waals surface area contributed by atoms with Gasteiger partial charge in [0.25, 0.3) is 0 Å². The summed E-state index contributed by atoms with van der Waals surface area (Å²) in [5.41, 5.74) is 1.31. The molecule has 0 aliphatic carbocycles. The van der Waals surface area contributed by atoms with Crippen molar-refractivity contribution in [1.29, 1.82) is 0 Å². The minimum absolute atomic E-state index is 0.843. The first-order valence-corrected chi connectivity index (χ1v) is 3.17. The van der Waals surface area contributed by atoms with Gasteiger partial charge in [-0.3, -0.25) is 4.99 Å². The predicted molar refractivity (Wildman–Crippen MR) is 39.7 cm³/mol. The minimum atomic E-state index is 0.843. The van der Waals surface area contributed by atoms with Gasteiger partial charge < -0.3 is 4.90 Å². The molecule has 1 aliphatic rings. The molecule has 0 aromatic rings. The van der Waals surface area contributed by atoms with Gasteiger partial charge in [-0.25, -0.2) is 0 Å². The quantitative estimate of drug-likeness (QED) is 0.468. The maximum absolute atomic E-state index is 4.13. The molecule has 50 valence electrons. The van der Waals surface area contributed by atoms with Crippen LogP contribution in [0.5, 0.6) is 0 Å². The molecule has 0 N–H and O–H groups in total. The second-order valence-electron chi connectivity index (χ2n) is 2.27. The van der Waals surface area contributed by atoms with E-state index in [0.29, 0.717) is 0 Å². The molecule has 0 radical (unpaired) electrons. The molecule has 1 aliphatic heterocycles. The summed E-state index contributed by atoms with van der Waals surface area (Å²) in [7, 11) is 2.07.